The van der Waals surface area contributed by atoms with Crippen molar-refractivity contribution in [3.05, 3.63) is 29.6 Å². The number of fused-ring (bicyclic) bond motifs is 1. The van der Waals surface area contributed by atoms with Crippen LogP contribution in [-0.4, -0.2) is 36.9 Å². The Morgan fingerprint density at radius 1 is 1.22 bits per heavy atom. The van der Waals surface area contributed by atoms with Gasteiger partial charge in [0.1, 0.15) is 5.82 Å². The number of imidazole rings is 1. The monoisotopic (exact) mass is 536 g/mol. The summed E-state index contributed by atoms with van der Waals surface area (Å²) >= 11 is 0. The maximum Gasteiger partial charge on any atom is 0.389 e. The summed E-state index contributed by atoms with van der Waals surface area (Å²) in [5.74, 6) is -3.11. The zero-order chi connectivity index (χ0) is 26.9. The predicted octanol–water partition coefficient (Wildman–Crippen LogP) is 6.00. The number of aromatic nitrogens is 2. The lowest BCUT2D eigenvalue weighted by Crippen LogP contribution is -2.40. The summed E-state index contributed by atoms with van der Waals surface area (Å²) in [6.07, 6.45) is -6.21. The third-order valence-corrected chi connectivity index (χ3v) is 7.94. The molecule has 1 fully saturated rings. The molecule has 1 aromatic carbocycles. The highest BCUT2D eigenvalue weighted by Gasteiger charge is 2.40. The number of hydrogen-bond donors (Lipinski definition) is 3. The lowest BCUT2D eigenvalue weighted by molar-refractivity contribution is -0.144. The molecule has 3 rings (SSSR count). The first-order chi connectivity index (χ1) is 16.5. The van der Waals surface area contributed by atoms with Crippen LogP contribution in [0.25, 0.3) is 11.0 Å². The van der Waals surface area contributed by atoms with E-state index >= 15 is 0 Å². The molecule has 12 heteroatoms. The fourth-order valence-corrected chi connectivity index (χ4v) is 5.07. The number of hydrogen-bond acceptors (Lipinski definition) is 3. The lowest BCUT2D eigenvalue weighted by Gasteiger charge is -2.34. The van der Waals surface area contributed by atoms with Crippen LogP contribution in [0.4, 0.5) is 22.0 Å². The molecule has 202 valence electrons. The van der Waals surface area contributed by atoms with Gasteiger partial charge in [-0.25, -0.2) is 22.7 Å². The number of amides is 1. The molecule has 0 aliphatic heterocycles. The van der Waals surface area contributed by atoms with Crippen LogP contribution in [0.1, 0.15) is 89.7 Å². The van der Waals surface area contributed by atoms with E-state index in [1.807, 2.05) is 20.8 Å². The van der Waals surface area contributed by atoms with Gasteiger partial charge < -0.3 is 10.3 Å². The van der Waals surface area contributed by atoms with Gasteiger partial charge in [-0.05, 0) is 64.2 Å². The molecule has 1 aromatic heterocycles. The van der Waals surface area contributed by atoms with E-state index in [0.29, 0.717) is 22.4 Å². The second kappa shape index (κ2) is 10.7. The molecule has 1 saturated carbocycles. The summed E-state index contributed by atoms with van der Waals surface area (Å²) in [6, 6.07) is 4.11. The highest BCUT2D eigenvalue weighted by molar-refractivity contribution is 7.84. The van der Waals surface area contributed by atoms with Crippen LogP contribution in [0.15, 0.2) is 18.2 Å². The van der Waals surface area contributed by atoms with E-state index in [-0.39, 0.29) is 31.6 Å². The first-order valence-corrected chi connectivity index (χ1v) is 13.1. The van der Waals surface area contributed by atoms with Crippen molar-refractivity contribution in [3.63, 3.8) is 0 Å². The van der Waals surface area contributed by atoms with Crippen LogP contribution >= 0.6 is 0 Å². The third-order valence-electron chi connectivity index (χ3n) is 6.36. The number of rotatable bonds is 8. The van der Waals surface area contributed by atoms with Crippen molar-refractivity contribution < 1.29 is 31.0 Å². The molecule has 0 spiro atoms. The summed E-state index contributed by atoms with van der Waals surface area (Å²) < 4.78 is 80.2. The van der Waals surface area contributed by atoms with Crippen LogP contribution < -0.4 is 10.0 Å². The van der Waals surface area contributed by atoms with Crippen LogP contribution in [0.2, 0.25) is 0 Å². The van der Waals surface area contributed by atoms with Crippen molar-refractivity contribution in [2.24, 2.45) is 5.92 Å². The number of halogens is 5. The maximum atomic E-state index is 13.8. The average molecular weight is 537 g/mol. The standard InChI is InChI=1S/C24H33F5N4O2S/c1-14(30-19(34)9-12-24(27,28)29)16-5-6-17-18(13-16)32-21(31-17)20(33-36(35)22(2,3)4)15-7-10-23(25,26)11-8-15/h5-6,13-15,20,33H,7-12H2,1-4H3,(H,30,34)(H,31,32)/t14-,20+,36-/m1/s1. The SMILES string of the molecule is C[C@@H](NC(=O)CCC(F)(F)F)c1ccc2nc([C@@H](N[S@](=O)C(C)(C)C)C3CCC(F)(F)CC3)[nH]c2c1. The smallest absolute Gasteiger partial charge is 0.350 e. The Labute approximate surface area is 209 Å². The van der Waals surface area contributed by atoms with E-state index < -0.39 is 58.7 Å². The number of aromatic amines is 1. The van der Waals surface area contributed by atoms with Crippen LogP contribution in [0.3, 0.4) is 0 Å². The Morgan fingerprint density at radius 3 is 2.44 bits per heavy atom. The van der Waals surface area contributed by atoms with E-state index in [1.54, 1.807) is 25.1 Å². The summed E-state index contributed by atoms with van der Waals surface area (Å²) in [6.45, 7) is 7.12. The second-order valence-electron chi connectivity index (χ2n) is 10.5. The minimum absolute atomic E-state index is 0.192. The van der Waals surface area contributed by atoms with Crippen LogP contribution in [0, 0.1) is 5.92 Å². The van der Waals surface area contributed by atoms with E-state index in [1.165, 1.54) is 0 Å². The number of H-pyrrole nitrogens is 1. The van der Waals surface area contributed by atoms with E-state index in [9.17, 15) is 31.0 Å². The molecule has 6 nitrogen and oxygen atoms in total. The first-order valence-electron chi connectivity index (χ1n) is 12.0. The van der Waals surface area contributed by atoms with Crippen molar-refractivity contribution in [2.75, 3.05) is 0 Å². The number of alkyl halides is 5. The van der Waals surface area contributed by atoms with Gasteiger partial charge in [-0.2, -0.15) is 13.2 Å². The lowest BCUT2D eigenvalue weighted by atomic mass is 9.82. The highest BCUT2D eigenvalue weighted by atomic mass is 32.2. The minimum atomic E-state index is -4.40. The first kappa shape index (κ1) is 28.5. The third kappa shape index (κ3) is 7.71. The fraction of sp³-hybridized carbons (Fsp3) is 0.667. The number of nitrogens with zero attached hydrogens (tertiary/aromatic N) is 1. The van der Waals surface area contributed by atoms with Gasteiger partial charge in [-0.1, -0.05) is 6.07 Å². The van der Waals surface area contributed by atoms with Gasteiger partial charge >= 0.3 is 6.18 Å². The van der Waals surface area contributed by atoms with Gasteiger partial charge in [0.15, 0.2) is 0 Å². The molecule has 0 bridgehead atoms. The number of carbonyl (C=O) groups is 1. The molecule has 1 amide bonds. The van der Waals surface area contributed by atoms with Crippen LogP contribution in [-0.2, 0) is 15.8 Å². The van der Waals surface area contributed by atoms with E-state index in [2.05, 4.69) is 20.0 Å². The van der Waals surface area contributed by atoms with Crippen molar-refractivity contribution in [1.82, 2.24) is 20.0 Å². The number of carbonyl (C=O) groups excluding carboxylic acids is 1. The molecule has 0 radical (unpaired) electrons. The van der Waals surface area contributed by atoms with Crippen molar-refractivity contribution in [3.8, 4) is 0 Å². The van der Waals surface area contributed by atoms with E-state index in [0.717, 1.165) is 0 Å². The quantitative estimate of drug-likeness (QED) is 0.362. The van der Waals surface area contributed by atoms with Crippen molar-refractivity contribution >= 4 is 27.9 Å². The highest BCUT2D eigenvalue weighted by Crippen LogP contribution is 2.41. The van der Waals surface area contributed by atoms with E-state index in [4.69, 9.17) is 0 Å². The van der Waals surface area contributed by atoms with Gasteiger partial charge in [0.2, 0.25) is 11.8 Å². The zero-order valence-corrected chi connectivity index (χ0v) is 21.6. The maximum absolute atomic E-state index is 13.8. The number of benzene rings is 1. The average Bonchev–Trinajstić information content (AvgIpc) is 3.18. The largest absolute Gasteiger partial charge is 0.389 e. The molecular formula is C24H33F5N4O2S. The predicted molar refractivity (Wildman–Crippen MR) is 129 cm³/mol. The normalized spacial score (nSPS) is 19.7. The molecule has 2 aromatic rings. The molecule has 1 heterocycles. The summed E-state index contributed by atoms with van der Waals surface area (Å²) in [7, 11) is -1.46. The summed E-state index contributed by atoms with van der Waals surface area (Å²) in [5.41, 5.74) is 1.88. The Balaban J connectivity index is 1.81. The fourth-order valence-electron chi connectivity index (χ4n) is 4.18. The minimum Gasteiger partial charge on any atom is -0.350 e. The molecule has 36 heavy (non-hydrogen) atoms. The Kier molecular flexibility index (Phi) is 8.49. The molecule has 3 N–H and O–H groups in total. The van der Waals surface area contributed by atoms with Gasteiger partial charge in [0.25, 0.3) is 0 Å². The topological polar surface area (TPSA) is 86.9 Å². The van der Waals surface area contributed by atoms with Gasteiger partial charge in [-0.3, -0.25) is 4.79 Å². The Hall–Kier alpha value is -2.08. The van der Waals surface area contributed by atoms with Crippen LogP contribution in [0.5, 0.6) is 0 Å². The molecule has 1 aliphatic carbocycles. The van der Waals surface area contributed by atoms with Crippen molar-refractivity contribution in [1.29, 1.82) is 0 Å². The molecule has 0 saturated heterocycles. The summed E-state index contributed by atoms with van der Waals surface area (Å²) in [5, 5.41) is 2.57. The summed E-state index contributed by atoms with van der Waals surface area (Å²) in [4.78, 5) is 19.7. The Bertz CT molecular complexity index is 1090. The molecule has 3 atom stereocenters. The van der Waals surface area contributed by atoms with Gasteiger partial charge in [-0.15, -0.1) is 0 Å². The Morgan fingerprint density at radius 2 is 1.86 bits per heavy atom. The van der Waals surface area contributed by atoms with Crippen molar-refractivity contribution in [2.45, 2.75) is 95.1 Å². The molecule has 1 aliphatic rings. The molecule has 0 unspecified atom stereocenters. The van der Waals surface area contributed by atoms with Gasteiger partial charge in [0, 0.05) is 19.3 Å². The van der Waals surface area contributed by atoms with Gasteiger partial charge in [0.05, 0.1) is 45.3 Å². The molecular weight excluding hydrogens is 503 g/mol. The zero-order valence-electron chi connectivity index (χ0n) is 20.8. The number of nitrogens with one attached hydrogen (secondary N) is 3. The second-order valence-corrected chi connectivity index (χ2v) is 12.5.